The van der Waals surface area contributed by atoms with Crippen molar-refractivity contribution in [2.45, 2.75) is 97.3 Å². The summed E-state index contributed by atoms with van der Waals surface area (Å²) in [5.41, 5.74) is -0.0591. The second kappa shape index (κ2) is 11.7. The van der Waals surface area contributed by atoms with Crippen LogP contribution >= 0.6 is 0 Å². The number of hydrogen-bond donors (Lipinski definition) is 0. The van der Waals surface area contributed by atoms with E-state index in [4.69, 9.17) is 9.47 Å². The minimum absolute atomic E-state index is 0.0342. The average Bonchev–Trinajstić information content (AvgIpc) is 2.77. The fourth-order valence-corrected chi connectivity index (χ4v) is 5.50. The number of carbonyl (C=O) groups is 1. The second-order valence-electron chi connectivity index (χ2n) is 11.5. The van der Waals surface area contributed by atoms with Gasteiger partial charge in [0.15, 0.2) is 11.6 Å². The minimum atomic E-state index is -0.474. The Labute approximate surface area is 198 Å². The van der Waals surface area contributed by atoms with E-state index in [1.165, 1.54) is 70.4 Å². The predicted molar refractivity (Wildman–Crippen MR) is 127 cm³/mol. The van der Waals surface area contributed by atoms with Gasteiger partial charge in [-0.05, 0) is 66.4 Å². The van der Waals surface area contributed by atoms with Crippen molar-refractivity contribution in [1.29, 1.82) is 0 Å². The van der Waals surface area contributed by atoms with Crippen molar-refractivity contribution in [2.75, 3.05) is 13.2 Å². The van der Waals surface area contributed by atoms with Crippen LogP contribution in [0.2, 0.25) is 0 Å². The lowest BCUT2D eigenvalue weighted by Gasteiger charge is -2.32. The molecule has 2 saturated carbocycles. The van der Waals surface area contributed by atoms with Gasteiger partial charge in [0.05, 0.1) is 13.2 Å². The maximum absolute atomic E-state index is 14.4. The monoisotopic (exact) mass is 464 g/mol. The van der Waals surface area contributed by atoms with Gasteiger partial charge in [-0.3, -0.25) is 4.79 Å². The molecule has 5 heteroatoms. The Balaban J connectivity index is 1.34. The molecule has 0 saturated heterocycles. The highest BCUT2D eigenvalue weighted by Crippen LogP contribution is 2.37. The van der Waals surface area contributed by atoms with E-state index < -0.39 is 17.0 Å². The third-order valence-electron chi connectivity index (χ3n) is 7.74. The van der Waals surface area contributed by atoms with Gasteiger partial charge in [-0.25, -0.2) is 8.78 Å². The van der Waals surface area contributed by atoms with Crippen LogP contribution in [0.1, 0.15) is 97.5 Å². The molecule has 33 heavy (non-hydrogen) atoms. The Bertz CT molecular complexity index is 770. The van der Waals surface area contributed by atoms with E-state index in [-0.39, 0.29) is 11.7 Å². The van der Waals surface area contributed by atoms with Gasteiger partial charge in [0.1, 0.15) is 5.82 Å². The summed E-state index contributed by atoms with van der Waals surface area (Å²) in [4.78, 5) is 11.0. The summed E-state index contributed by atoms with van der Waals surface area (Å²) in [5, 5.41) is 0. The van der Waals surface area contributed by atoms with Crippen LogP contribution in [0, 0.1) is 35.3 Å². The molecular formula is C28H42F2O3. The fourth-order valence-electron chi connectivity index (χ4n) is 5.50. The maximum Gasteiger partial charge on any atom is 0.302 e. The molecular weight excluding hydrogens is 422 g/mol. The number of hydrogen-bond acceptors (Lipinski definition) is 3. The standard InChI is InChI=1S/C28H42F2O3/c1-19(31)32-17-22-11-7-20(8-12-22)5-6-21-9-13-23(14-10-21)18-33-27-16-25(29)24(15-26(27)30)28(2,3)4/h15-16,20-23H,5-14,17-18H2,1-4H3. The Morgan fingerprint density at radius 1 is 0.818 bits per heavy atom. The molecule has 0 amide bonds. The molecule has 2 aliphatic rings. The molecule has 2 fully saturated rings. The zero-order valence-electron chi connectivity index (χ0n) is 20.9. The van der Waals surface area contributed by atoms with Crippen LogP contribution in [0.5, 0.6) is 5.75 Å². The van der Waals surface area contributed by atoms with Gasteiger partial charge in [-0.1, -0.05) is 59.3 Å². The molecule has 0 aromatic heterocycles. The first kappa shape index (κ1) is 26.0. The summed E-state index contributed by atoms with van der Waals surface area (Å²) in [6, 6.07) is 2.49. The first-order valence-corrected chi connectivity index (χ1v) is 12.9. The Hall–Kier alpha value is -1.65. The topological polar surface area (TPSA) is 35.5 Å². The zero-order chi connectivity index (χ0) is 24.0. The van der Waals surface area contributed by atoms with Crippen LogP contribution in [0.25, 0.3) is 0 Å². The molecule has 0 radical (unpaired) electrons. The maximum atomic E-state index is 14.4. The Kier molecular flexibility index (Phi) is 9.17. The smallest absolute Gasteiger partial charge is 0.302 e. The largest absolute Gasteiger partial charge is 0.490 e. The summed E-state index contributed by atoms with van der Waals surface area (Å²) >= 11 is 0. The highest BCUT2D eigenvalue weighted by atomic mass is 19.1. The molecule has 0 spiro atoms. The number of carbonyl (C=O) groups excluding carboxylic acids is 1. The van der Waals surface area contributed by atoms with Gasteiger partial charge < -0.3 is 9.47 Å². The van der Waals surface area contributed by atoms with Crippen LogP contribution < -0.4 is 4.74 Å². The Morgan fingerprint density at radius 2 is 1.30 bits per heavy atom. The van der Waals surface area contributed by atoms with E-state index in [1.54, 1.807) is 0 Å². The second-order valence-corrected chi connectivity index (χ2v) is 11.5. The van der Waals surface area contributed by atoms with Crippen molar-refractivity contribution in [1.82, 2.24) is 0 Å². The molecule has 0 bridgehead atoms. The third kappa shape index (κ3) is 7.96. The molecule has 1 aromatic carbocycles. The van der Waals surface area contributed by atoms with E-state index in [0.29, 0.717) is 30.6 Å². The molecule has 3 nitrogen and oxygen atoms in total. The van der Waals surface area contributed by atoms with Crippen molar-refractivity contribution in [2.24, 2.45) is 23.7 Å². The molecule has 0 aliphatic heterocycles. The average molecular weight is 465 g/mol. The number of rotatable bonds is 8. The quantitative estimate of drug-likeness (QED) is 0.372. The molecule has 1 aromatic rings. The fraction of sp³-hybridized carbons (Fsp3) is 0.750. The zero-order valence-corrected chi connectivity index (χ0v) is 20.9. The highest BCUT2D eigenvalue weighted by Gasteiger charge is 2.26. The van der Waals surface area contributed by atoms with E-state index >= 15 is 0 Å². The number of esters is 1. The number of ether oxygens (including phenoxy) is 2. The first-order valence-electron chi connectivity index (χ1n) is 12.9. The summed E-state index contributed by atoms with van der Waals surface area (Å²) in [6.45, 7) is 8.16. The molecule has 2 aliphatic carbocycles. The van der Waals surface area contributed by atoms with Crippen molar-refractivity contribution >= 4 is 5.97 Å². The number of benzene rings is 1. The van der Waals surface area contributed by atoms with Crippen molar-refractivity contribution in [3.05, 3.63) is 29.3 Å². The molecule has 0 heterocycles. The van der Waals surface area contributed by atoms with Crippen LogP contribution in [-0.2, 0) is 14.9 Å². The van der Waals surface area contributed by atoms with Crippen LogP contribution in [-0.4, -0.2) is 19.2 Å². The SMILES string of the molecule is CC(=O)OCC1CCC(CCC2CCC(COc3cc(F)c(C(C)(C)C)cc3F)CC2)CC1. The van der Waals surface area contributed by atoms with Gasteiger partial charge in [0.2, 0.25) is 0 Å². The molecule has 3 rings (SSSR count). The molecule has 0 atom stereocenters. The van der Waals surface area contributed by atoms with Crippen LogP contribution in [0.3, 0.4) is 0 Å². The van der Waals surface area contributed by atoms with E-state index in [9.17, 15) is 13.6 Å². The minimum Gasteiger partial charge on any atom is -0.490 e. The van der Waals surface area contributed by atoms with Crippen LogP contribution in [0.4, 0.5) is 8.78 Å². The van der Waals surface area contributed by atoms with Crippen molar-refractivity contribution in [3.8, 4) is 5.75 Å². The van der Waals surface area contributed by atoms with Gasteiger partial charge in [0.25, 0.3) is 0 Å². The predicted octanol–water partition coefficient (Wildman–Crippen LogP) is 7.60. The van der Waals surface area contributed by atoms with E-state index in [1.807, 2.05) is 20.8 Å². The molecule has 186 valence electrons. The van der Waals surface area contributed by atoms with Crippen molar-refractivity contribution < 1.29 is 23.0 Å². The summed E-state index contributed by atoms with van der Waals surface area (Å²) in [5.74, 6) is 1.54. The lowest BCUT2D eigenvalue weighted by atomic mass is 9.76. The van der Waals surface area contributed by atoms with Gasteiger partial charge in [0, 0.05) is 13.0 Å². The lowest BCUT2D eigenvalue weighted by molar-refractivity contribution is -0.142. The third-order valence-corrected chi connectivity index (χ3v) is 7.74. The number of halogens is 2. The van der Waals surface area contributed by atoms with Gasteiger partial charge in [-0.15, -0.1) is 0 Å². The molecule has 0 N–H and O–H groups in total. The highest BCUT2D eigenvalue weighted by molar-refractivity contribution is 5.65. The van der Waals surface area contributed by atoms with Gasteiger partial charge in [-0.2, -0.15) is 0 Å². The van der Waals surface area contributed by atoms with Crippen LogP contribution in [0.15, 0.2) is 12.1 Å². The lowest BCUT2D eigenvalue weighted by Crippen LogP contribution is -2.22. The summed E-state index contributed by atoms with van der Waals surface area (Å²) < 4.78 is 39.7. The van der Waals surface area contributed by atoms with E-state index in [2.05, 4.69) is 0 Å². The van der Waals surface area contributed by atoms with Crippen molar-refractivity contribution in [3.63, 3.8) is 0 Å². The summed E-state index contributed by atoms with van der Waals surface area (Å²) in [6.07, 6.45) is 12.1. The normalized spacial score (nSPS) is 26.1. The first-order chi connectivity index (χ1) is 15.6. The van der Waals surface area contributed by atoms with E-state index in [0.717, 1.165) is 24.7 Å². The Morgan fingerprint density at radius 3 is 1.79 bits per heavy atom. The van der Waals surface area contributed by atoms with Gasteiger partial charge >= 0.3 is 5.97 Å². The summed E-state index contributed by atoms with van der Waals surface area (Å²) in [7, 11) is 0. The molecule has 0 unspecified atom stereocenters.